The summed E-state index contributed by atoms with van der Waals surface area (Å²) in [7, 11) is 5.06. The lowest BCUT2D eigenvalue weighted by atomic mass is 9.70. The van der Waals surface area contributed by atoms with Crippen LogP contribution in [-0.2, 0) is 14.2 Å². The maximum atomic E-state index is 5.72. The zero-order valence-corrected chi connectivity index (χ0v) is 16.2. The standard InChI is InChI=1S/C19H40O3/c1-8-10-12-13-14-15-17(3)18(4,16-11-9-2)19(20-5,21-6)22-7/h17H,8-16H2,1-7H3. The molecule has 0 aromatic rings. The smallest absolute Gasteiger partial charge is 0.288 e. The molecular formula is C19H40O3. The Morgan fingerprint density at radius 2 is 1.27 bits per heavy atom. The third-order valence-corrected chi connectivity index (χ3v) is 5.38. The van der Waals surface area contributed by atoms with E-state index < -0.39 is 5.97 Å². The molecule has 0 bridgehead atoms. The minimum Gasteiger partial charge on any atom is -0.330 e. The molecule has 0 fully saturated rings. The number of rotatable bonds is 14. The fraction of sp³-hybridized carbons (Fsp3) is 1.00. The summed E-state index contributed by atoms with van der Waals surface area (Å²) >= 11 is 0. The zero-order valence-electron chi connectivity index (χ0n) is 16.2. The van der Waals surface area contributed by atoms with Crippen molar-refractivity contribution < 1.29 is 14.2 Å². The van der Waals surface area contributed by atoms with E-state index in [9.17, 15) is 0 Å². The van der Waals surface area contributed by atoms with Crippen LogP contribution in [0.2, 0.25) is 0 Å². The minimum atomic E-state index is -0.953. The second-order valence-electron chi connectivity index (χ2n) is 6.79. The molecule has 2 unspecified atom stereocenters. The summed E-state index contributed by atoms with van der Waals surface area (Å²) in [6.45, 7) is 9.07. The van der Waals surface area contributed by atoms with E-state index >= 15 is 0 Å². The summed E-state index contributed by atoms with van der Waals surface area (Å²) in [5.41, 5.74) is -0.147. The van der Waals surface area contributed by atoms with Crippen molar-refractivity contribution in [3.63, 3.8) is 0 Å². The highest BCUT2D eigenvalue weighted by Crippen LogP contribution is 2.47. The van der Waals surface area contributed by atoms with Crippen LogP contribution in [0.5, 0.6) is 0 Å². The van der Waals surface area contributed by atoms with Crippen LogP contribution in [0.3, 0.4) is 0 Å². The van der Waals surface area contributed by atoms with Gasteiger partial charge in [0, 0.05) is 21.3 Å². The Morgan fingerprint density at radius 1 is 0.773 bits per heavy atom. The molecule has 0 heterocycles. The van der Waals surface area contributed by atoms with E-state index in [0.717, 1.165) is 12.8 Å². The summed E-state index contributed by atoms with van der Waals surface area (Å²) in [6, 6.07) is 0. The molecule has 0 radical (unpaired) electrons. The highest BCUT2D eigenvalue weighted by Gasteiger charge is 2.52. The quantitative estimate of drug-likeness (QED) is 0.300. The summed E-state index contributed by atoms with van der Waals surface area (Å²) < 4.78 is 17.2. The lowest BCUT2D eigenvalue weighted by molar-refractivity contribution is -0.413. The van der Waals surface area contributed by atoms with E-state index in [1.807, 2.05) is 0 Å². The second kappa shape index (κ2) is 11.4. The van der Waals surface area contributed by atoms with Crippen molar-refractivity contribution in [3.05, 3.63) is 0 Å². The van der Waals surface area contributed by atoms with Crippen molar-refractivity contribution in [2.24, 2.45) is 11.3 Å². The van der Waals surface area contributed by atoms with Gasteiger partial charge in [0.05, 0.1) is 5.41 Å². The molecule has 0 N–H and O–H groups in total. The molecule has 2 atom stereocenters. The maximum absolute atomic E-state index is 5.72. The highest BCUT2D eigenvalue weighted by atomic mass is 16.9. The molecule has 0 spiro atoms. The SMILES string of the molecule is CCCCCCCC(C)C(C)(CCCC)C(OC)(OC)OC. The number of hydrogen-bond donors (Lipinski definition) is 0. The van der Waals surface area contributed by atoms with Gasteiger partial charge in [-0.2, -0.15) is 0 Å². The van der Waals surface area contributed by atoms with Gasteiger partial charge in [0.15, 0.2) is 0 Å². The van der Waals surface area contributed by atoms with E-state index in [-0.39, 0.29) is 5.41 Å². The Bertz CT molecular complexity index is 255. The Kier molecular flexibility index (Phi) is 11.4. The molecule has 3 nitrogen and oxygen atoms in total. The third-order valence-electron chi connectivity index (χ3n) is 5.38. The summed E-state index contributed by atoms with van der Waals surface area (Å²) in [5, 5.41) is 0. The largest absolute Gasteiger partial charge is 0.330 e. The van der Waals surface area contributed by atoms with Crippen molar-refractivity contribution >= 4 is 0 Å². The average molecular weight is 317 g/mol. The molecule has 134 valence electrons. The normalized spacial score (nSPS) is 16.5. The second-order valence-corrected chi connectivity index (χ2v) is 6.79. The Balaban J connectivity index is 4.91. The molecule has 0 amide bonds. The molecule has 0 aliphatic rings. The van der Waals surface area contributed by atoms with E-state index in [4.69, 9.17) is 14.2 Å². The van der Waals surface area contributed by atoms with Gasteiger partial charge in [-0.05, 0) is 18.8 Å². The van der Waals surface area contributed by atoms with Gasteiger partial charge >= 0.3 is 0 Å². The van der Waals surface area contributed by atoms with Gasteiger partial charge in [0.1, 0.15) is 0 Å². The van der Waals surface area contributed by atoms with Crippen LogP contribution in [0.25, 0.3) is 0 Å². The van der Waals surface area contributed by atoms with E-state index in [0.29, 0.717) is 5.92 Å². The fourth-order valence-electron chi connectivity index (χ4n) is 3.57. The molecule has 0 saturated heterocycles. The van der Waals surface area contributed by atoms with Crippen molar-refractivity contribution in [3.8, 4) is 0 Å². The van der Waals surface area contributed by atoms with Gasteiger partial charge in [-0.25, -0.2) is 0 Å². The molecular weight excluding hydrogens is 276 g/mol. The molecule has 0 saturated carbocycles. The van der Waals surface area contributed by atoms with Gasteiger partial charge in [0.25, 0.3) is 5.97 Å². The zero-order chi connectivity index (χ0) is 17.1. The lowest BCUT2D eigenvalue weighted by Crippen LogP contribution is -2.54. The predicted molar refractivity (Wildman–Crippen MR) is 93.9 cm³/mol. The first-order valence-electron chi connectivity index (χ1n) is 9.13. The first-order chi connectivity index (χ1) is 10.5. The molecule has 0 aromatic carbocycles. The van der Waals surface area contributed by atoms with Crippen LogP contribution in [0, 0.1) is 11.3 Å². The van der Waals surface area contributed by atoms with Gasteiger partial charge in [-0.3, -0.25) is 0 Å². The van der Waals surface area contributed by atoms with Crippen LogP contribution in [0.4, 0.5) is 0 Å². The van der Waals surface area contributed by atoms with Crippen LogP contribution in [-0.4, -0.2) is 27.3 Å². The highest BCUT2D eigenvalue weighted by molar-refractivity contribution is 4.89. The Labute approximate surface area is 139 Å². The Morgan fingerprint density at radius 3 is 1.73 bits per heavy atom. The molecule has 3 heteroatoms. The molecule has 0 aliphatic heterocycles. The monoisotopic (exact) mass is 316 g/mol. The van der Waals surface area contributed by atoms with Crippen LogP contribution in [0.15, 0.2) is 0 Å². The lowest BCUT2D eigenvalue weighted by Gasteiger charge is -2.48. The number of unbranched alkanes of at least 4 members (excludes halogenated alkanes) is 5. The van der Waals surface area contributed by atoms with Crippen LogP contribution in [0.1, 0.15) is 85.5 Å². The van der Waals surface area contributed by atoms with Gasteiger partial charge < -0.3 is 14.2 Å². The van der Waals surface area contributed by atoms with Gasteiger partial charge in [-0.1, -0.05) is 72.6 Å². The first-order valence-corrected chi connectivity index (χ1v) is 9.13. The van der Waals surface area contributed by atoms with Gasteiger partial charge in [0.2, 0.25) is 0 Å². The van der Waals surface area contributed by atoms with Crippen molar-refractivity contribution in [1.29, 1.82) is 0 Å². The van der Waals surface area contributed by atoms with Crippen molar-refractivity contribution in [2.45, 2.75) is 91.5 Å². The van der Waals surface area contributed by atoms with Crippen LogP contribution >= 0.6 is 0 Å². The topological polar surface area (TPSA) is 27.7 Å². The van der Waals surface area contributed by atoms with E-state index in [2.05, 4.69) is 27.7 Å². The van der Waals surface area contributed by atoms with Crippen molar-refractivity contribution in [2.75, 3.05) is 21.3 Å². The predicted octanol–water partition coefficient (Wildman–Crippen LogP) is 5.77. The first kappa shape index (κ1) is 21.9. The van der Waals surface area contributed by atoms with Gasteiger partial charge in [-0.15, -0.1) is 0 Å². The summed E-state index contributed by atoms with van der Waals surface area (Å²) in [6.07, 6.45) is 11.2. The number of hydrogen-bond acceptors (Lipinski definition) is 3. The summed E-state index contributed by atoms with van der Waals surface area (Å²) in [4.78, 5) is 0. The number of ether oxygens (including phenoxy) is 3. The van der Waals surface area contributed by atoms with Crippen LogP contribution < -0.4 is 0 Å². The third kappa shape index (κ3) is 5.50. The maximum Gasteiger partial charge on any atom is 0.288 e. The fourth-order valence-corrected chi connectivity index (χ4v) is 3.57. The molecule has 0 aliphatic carbocycles. The van der Waals surface area contributed by atoms with Crippen molar-refractivity contribution in [1.82, 2.24) is 0 Å². The molecule has 0 aromatic heterocycles. The average Bonchev–Trinajstić information content (AvgIpc) is 2.54. The molecule has 22 heavy (non-hydrogen) atoms. The minimum absolute atomic E-state index is 0.147. The van der Waals surface area contributed by atoms with E-state index in [1.54, 1.807) is 21.3 Å². The van der Waals surface area contributed by atoms with E-state index in [1.165, 1.54) is 44.9 Å². The number of methoxy groups -OCH3 is 3. The summed E-state index contributed by atoms with van der Waals surface area (Å²) in [5.74, 6) is -0.467. The Hall–Kier alpha value is -0.120. The molecule has 0 rings (SSSR count).